The second-order valence-electron chi connectivity index (χ2n) is 2.60. The second-order valence-corrected chi connectivity index (χ2v) is 2.94. The van der Waals surface area contributed by atoms with Crippen molar-refractivity contribution < 1.29 is 4.42 Å². The molecule has 0 saturated carbocycles. The zero-order valence-corrected chi connectivity index (χ0v) is 7.56. The van der Waals surface area contributed by atoms with Crippen molar-refractivity contribution in [2.45, 2.75) is 13.0 Å². The van der Waals surface area contributed by atoms with E-state index in [1.54, 1.807) is 6.07 Å². The summed E-state index contributed by atoms with van der Waals surface area (Å²) in [5.41, 5.74) is 4.30. The first kappa shape index (κ1) is 9.32. The van der Waals surface area contributed by atoms with E-state index in [1.807, 2.05) is 6.92 Å². The molecule has 0 fully saturated rings. The van der Waals surface area contributed by atoms with Crippen molar-refractivity contribution in [2.24, 2.45) is 5.84 Å². The van der Waals surface area contributed by atoms with Gasteiger partial charge in [-0.1, -0.05) is 12.2 Å². The summed E-state index contributed by atoms with van der Waals surface area (Å²) in [7, 11) is 0. The summed E-state index contributed by atoms with van der Waals surface area (Å²) in [4.78, 5) is 0. The maximum atomic E-state index is 5.75. The molecule has 3 nitrogen and oxygen atoms in total. The number of nitrogens with one attached hydrogen (secondary N) is 1. The first-order chi connectivity index (χ1) is 5.66. The van der Waals surface area contributed by atoms with Crippen molar-refractivity contribution in [3.8, 4) is 0 Å². The van der Waals surface area contributed by atoms with Gasteiger partial charge in [-0.25, -0.2) is 5.43 Å². The van der Waals surface area contributed by atoms with E-state index >= 15 is 0 Å². The van der Waals surface area contributed by atoms with Gasteiger partial charge in [-0.3, -0.25) is 5.84 Å². The minimum atomic E-state index is -0.142. The lowest BCUT2D eigenvalue weighted by molar-refractivity contribution is 0.554. The monoisotopic (exact) mass is 186 g/mol. The molecule has 0 bridgehead atoms. The topological polar surface area (TPSA) is 51.2 Å². The molecule has 1 rings (SSSR count). The van der Waals surface area contributed by atoms with Crippen LogP contribution in [0.25, 0.3) is 0 Å². The van der Waals surface area contributed by atoms with Gasteiger partial charge in [0, 0.05) is 5.56 Å². The van der Waals surface area contributed by atoms with Gasteiger partial charge in [0.2, 0.25) is 0 Å². The van der Waals surface area contributed by atoms with Crippen molar-refractivity contribution >= 4 is 11.6 Å². The Morgan fingerprint density at radius 2 is 2.50 bits per heavy atom. The summed E-state index contributed by atoms with van der Waals surface area (Å²) in [5.74, 6) is 5.32. The number of furan rings is 1. The van der Waals surface area contributed by atoms with E-state index in [0.717, 1.165) is 11.1 Å². The van der Waals surface area contributed by atoms with E-state index in [0.29, 0.717) is 5.22 Å². The summed E-state index contributed by atoms with van der Waals surface area (Å²) >= 11 is 5.75. The summed E-state index contributed by atoms with van der Waals surface area (Å²) in [5, 5.41) is 0.348. The molecule has 1 aromatic heterocycles. The molecule has 1 heterocycles. The Bertz CT molecular complexity index is 282. The van der Waals surface area contributed by atoms with E-state index < -0.39 is 0 Å². The number of rotatable bonds is 3. The van der Waals surface area contributed by atoms with Gasteiger partial charge < -0.3 is 4.42 Å². The van der Waals surface area contributed by atoms with Crippen molar-refractivity contribution in [1.29, 1.82) is 0 Å². The van der Waals surface area contributed by atoms with Gasteiger partial charge >= 0.3 is 0 Å². The molecule has 0 saturated heterocycles. The van der Waals surface area contributed by atoms with Crippen molar-refractivity contribution in [3.63, 3.8) is 0 Å². The van der Waals surface area contributed by atoms with Crippen LogP contribution < -0.4 is 11.3 Å². The zero-order chi connectivity index (χ0) is 9.14. The fourth-order valence-electron chi connectivity index (χ4n) is 1.01. The first-order valence-corrected chi connectivity index (χ1v) is 3.89. The molecule has 1 unspecified atom stereocenters. The smallest absolute Gasteiger partial charge is 0.198 e. The molecule has 12 heavy (non-hydrogen) atoms. The first-order valence-electron chi connectivity index (χ1n) is 3.51. The Labute approximate surface area is 76.2 Å². The van der Waals surface area contributed by atoms with Crippen molar-refractivity contribution in [2.75, 3.05) is 0 Å². The minimum absolute atomic E-state index is 0.142. The van der Waals surface area contributed by atoms with Crippen LogP contribution in [0.4, 0.5) is 0 Å². The maximum absolute atomic E-state index is 5.75. The van der Waals surface area contributed by atoms with E-state index in [2.05, 4.69) is 12.0 Å². The third kappa shape index (κ3) is 1.69. The Hall–Kier alpha value is -0.770. The number of hydrogen-bond donors (Lipinski definition) is 2. The number of hydrazine groups is 1. The standard InChI is InChI=1S/C8H11ClN2O/c1-5(2)7(11-10)6-3-4-12-8(6)9/h3-4,7,11H,1,10H2,2H3. The molecule has 0 amide bonds. The molecule has 0 spiro atoms. The molecule has 1 aromatic rings. The van der Waals surface area contributed by atoms with Gasteiger partial charge in [-0.2, -0.15) is 0 Å². The highest BCUT2D eigenvalue weighted by Gasteiger charge is 2.15. The average molecular weight is 187 g/mol. The van der Waals surface area contributed by atoms with Crippen LogP contribution in [0.5, 0.6) is 0 Å². The largest absolute Gasteiger partial charge is 0.453 e. The minimum Gasteiger partial charge on any atom is -0.453 e. The van der Waals surface area contributed by atoms with Crippen LogP contribution in [0.3, 0.4) is 0 Å². The molecule has 3 N–H and O–H groups in total. The van der Waals surface area contributed by atoms with Crippen molar-refractivity contribution in [3.05, 3.63) is 35.3 Å². The Kier molecular flexibility index (Phi) is 2.92. The Morgan fingerprint density at radius 1 is 1.83 bits per heavy atom. The molecule has 4 heteroatoms. The van der Waals surface area contributed by atoms with E-state index in [9.17, 15) is 0 Å². The highest BCUT2D eigenvalue weighted by molar-refractivity contribution is 6.29. The van der Waals surface area contributed by atoms with Gasteiger partial charge in [-0.15, -0.1) is 0 Å². The lowest BCUT2D eigenvalue weighted by Gasteiger charge is -2.13. The maximum Gasteiger partial charge on any atom is 0.198 e. The van der Waals surface area contributed by atoms with E-state index in [4.69, 9.17) is 21.9 Å². The molecule has 0 aliphatic carbocycles. The molecule has 0 aliphatic rings. The molecule has 1 atom stereocenters. The average Bonchev–Trinajstić information content (AvgIpc) is 2.38. The van der Waals surface area contributed by atoms with Crippen LogP contribution in [0.15, 0.2) is 28.9 Å². The predicted molar refractivity (Wildman–Crippen MR) is 48.6 cm³/mol. The predicted octanol–water partition coefficient (Wildman–Crippen LogP) is 2.01. The fraction of sp³-hybridized carbons (Fsp3) is 0.250. The third-order valence-electron chi connectivity index (χ3n) is 1.62. The van der Waals surface area contributed by atoms with Crippen LogP contribution >= 0.6 is 11.6 Å². The lowest BCUT2D eigenvalue weighted by atomic mass is 10.1. The summed E-state index contributed by atoms with van der Waals surface area (Å²) < 4.78 is 4.93. The van der Waals surface area contributed by atoms with Crippen LogP contribution in [0, 0.1) is 0 Å². The molecule has 0 aromatic carbocycles. The third-order valence-corrected chi connectivity index (χ3v) is 1.92. The van der Waals surface area contributed by atoms with Gasteiger partial charge in [0.25, 0.3) is 0 Å². The highest BCUT2D eigenvalue weighted by atomic mass is 35.5. The number of nitrogens with two attached hydrogens (primary N) is 1. The normalized spacial score (nSPS) is 12.9. The summed E-state index contributed by atoms with van der Waals surface area (Å²) in [6.45, 7) is 5.65. The Morgan fingerprint density at radius 3 is 2.83 bits per heavy atom. The van der Waals surface area contributed by atoms with Gasteiger partial charge in [0.05, 0.1) is 12.3 Å². The number of hydrogen-bond acceptors (Lipinski definition) is 3. The quantitative estimate of drug-likeness (QED) is 0.432. The lowest BCUT2D eigenvalue weighted by Crippen LogP contribution is -2.28. The SMILES string of the molecule is C=C(C)C(NN)c1ccoc1Cl. The van der Waals surface area contributed by atoms with Crippen LogP contribution in [-0.2, 0) is 0 Å². The van der Waals surface area contributed by atoms with Crippen LogP contribution in [0.2, 0.25) is 5.22 Å². The molecular formula is C8H11ClN2O. The Balaban J connectivity index is 2.94. The second kappa shape index (κ2) is 3.76. The zero-order valence-electron chi connectivity index (χ0n) is 6.80. The molecule has 0 radical (unpaired) electrons. The molecular weight excluding hydrogens is 176 g/mol. The van der Waals surface area contributed by atoms with Crippen LogP contribution in [-0.4, -0.2) is 0 Å². The summed E-state index contributed by atoms with van der Waals surface area (Å²) in [6, 6.07) is 1.62. The van der Waals surface area contributed by atoms with E-state index in [-0.39, 0.29) is 6.04 Å². The highest BCUT2D eigenvalue weighted by Crippen LogP contribution is 2.27. The molecule has 66 valence electrons. The fourth-order valence-corrected chi connectivity index (χ4v) is 1.23. The van der Waals surface area contributed by atoms with E-state index in [1.165, 1.54) is 6.26 Å². The van der Waals surface area contributed by atoms with Gasteiger partial charge in [0.1, 0.15) is 0 Å². The van der Waals surface area contributed by atoms with Crippen LogP contribution in [0.1, 0.15) is 18.5 Å². The van der Waals surface area contributed by atoms with Gasteiger partial charge in [-0.05, 0) is 24.6 Å². The van der Waals surface area contributed by atoms with Gasteiger partial charge in [0.15, 0.2) is 5.22 Å². The summed E-state index contributed by atoms with van der Waals surface area (Å²) in [6.07, 6.45) is 1.52. The molecule has 0 aliphatic heterocycles. The number of halogens is 1. The van der Waals surface area contributed by atoms with Crippen molar-refractivity contribution in [1.82, 2.24) is 5.43 Å².